The fourth-order valence-corrected chi connectivity index (χ4v) is 5.24. The van der Waals surface area contributed by atoms with Crippen LogP contribution in [0.4, 0.5) is 18.9 Å². The summed E-state index contributed by atoms with van der Waals surface area (Å²) in [5.41, 5.74) is 2.20. The Morgan fingerprint density at radius 3 is 2.81 bits per heavy atom. The zero-order chi connectivity index (χ0) is 21.8. The van der Waals surface area contributed by atoms with Gasteiger partial charge in [0.1, 0.15) is 11.5 Å². The van der Waals surface area contributed by atoms with Crippen LogP contribution in [0.5, 0.6) is 11.5 Å². The van der Waals surface area contributed by atoms with Crippen molar-refractivity contribution in [2.24, 2.45) is 0 Å². The molecule has 7 heteroatoms. The summed E-state index contributed by atoms with van der Waals surface area (Å²) in [6.07, 6.45) is -2.74. The van der Waals surface area contributed by atoms with Crippen molar-refractivity contribution in [3.05, 3.63) is 41.5 Å². The van der Waals surface area contributed by atoms with E-state index in [1.165, 1.54) is 6.07 Å². The van der Waals surface area contributed by atoms with Crippen molar-refractivity contribution in [1.82, 2.24) is 5.32 Å². The van der Waals surface area contributed by atoms with Crippen LogP contribution in [-0.4, -0.2) is 38.4 Å². The van der Waals surface area contributed by atoms with Gasteiger partial charge in [0.15, 0.2) is 0 Å². The average Bonchev–Trinajstić information content (AvgIpc) is 2.88. The van der Waals surface area contributed by atoms with E-state index < -0.39 is 11.7 Å². The Hall–Kier alpha value is -2.41. The molecule has 31 heavy (non-hydrogen) atoms. The number of hydrogen-bond donors (Lipinski definition) is 1. The van der Waals surface area contributed by atoms with Crippen molar-refractivity contribution < 1.29 is 22.6 Å². The number of ether oxygens (including phenoxy) is 2. The van der Waals surface area contributed by atoms with Gasteiger partial charge in [-0.25, -0.2) is 0 Å². The molecule has 5 rings (SSSR count). The molecule has 3 aliphatic rings. The Labute approximate surface area is 180 Å². The van der Waals surface area contributed by atoms with Crippen LogP contribution in [0.15, 0.2) is 30.3 Å². The van der Waals surface area contributed by atoms with Gasteiger partial charge in [-0.2, -0.15) is 13.2 Å². The second-order valence-electron chi connectivity index (χ2n) is 8.85. The molecule has 3 heterocycles. The summed E-state index contributed by atoms with van der Waals surface area (Å²) in [6, 6.07) is 8.37. The van der Waals surface area contributed by atoms with Crippen LogP contribution in [0.2, 0.25) is 0 Å². The Bertz CT molecular complexity index is 990. The van der Waals surface area contributed by atoms with Gasteiger partial charge in [0.05, 0.1) is 24.0 Å². The number of alkyl halides is 3. The first-order chi connectivity index (χ1) is 14.8. The first kappa shape index (κ1) is 20.5. The number of nitrogens with one attached hydrogen (secondary N) is 1. The van der Waals surface area contributed by atoms with Gasteiger partial charge in [-0.15, -0.1) is 0 Å². The molecule has 1 N–H and O–H groups in total. The van der Waals surface area contributed by atoms with Crippen molar-refractivity contribution in [1.29, 1.82) is 0 Å². The summed E-state index contributed by atoms with van der Waals surface area (Å²) >= 11 is 0. The highest BCUT2D eigenvalue weighted by atomic mass is 19.4. The summed E-state index contributed by atoms with van der Waals surface area (Å²) in [6.45, 7) is 6.90. The summed E-state index contributed by atoms with van der Waals surface area (Å²) < 4.78 is 53.6. The molecule has 166 valence electrons. The molecular weight excluding hydrogens is 405 g/mol. The van der Waals surface area contributed by atoms with E-state index in [0.717, 1.165) is 49.8 Å². The van der Waals surface area contributed by atoms with Gasteiger partial charge in [-0.3, -0.25) is 0 Å². The monoisotopic (exact) mass is 432 g/mol. The largest absolute Gasteiger partial charge is 0.491 e. The van der Waals surface area contributed by atoms with Crippen molar-refractivity contribution in [2.45, 2.75) is 50.9 Å². The zero-order valence-corrected chi connectivity index (χ0v) is 17.8. The molecule has 0 radical (unpaired) electrons. The van der Waals surface area contributed by atoms with E-state index in [0.29, 0.717) is 24.0 Å². The van der Waals surface area contributed by atoms with Crippen molar-refractivity contribution in [3.63, 3.8) is 0 Å². The minimum atomic E-state index is -4.49. The van der Waals surface area contributed by atoms with E-state index in [1.54, 1.807) is 26.0 Å². The van der Waals surface area contributed by atoms with Gasteiger partial charge < -0.3 is 19.7 Å². The van der Waals surface area contributed by atoms with Crippen molar-refractivity contribution >= 4 is 5.69 Å². The number of nitrogens with zero attached hydrogens (tertiary/aromatic N) is 1. The molecule has 3 aliphatic heterocycles. The summed E-state index contributed by atoms with van der Waals surface area (Å²) in [7, 11) is 0. The second kappa shape index (κ2) is 7.62. The van der Waals surface area contributed by atoms with Crippen LogP contribution in [-0.2, 0) is 6.18 Å². The fourth-order valence-electron chi connectivity index (χ4n) is 5.24. The molecule has 0 bridgehead atoms. The summed E-state index contributed by atoms with van der Waals surface area (Å²) in [4.78, 5) is 2.43. The highest BCUT2D eigenvalue weighted by Crippen LogP contribution is 2.52. The van der Waals surface area contributed by atoms with Crippen LogP contribution in [0.1, 0.15) is 43.7 Å². The molecule has 0 saturated carbocycles. The molecule has 4 nitrogen and oxygen atoms in total. The molecule has 0 aliphatic carbocycles. The fraction of sp³-hybridized carbons (Fsp3) is 0.500. The SMILES string of the molecule is CC(C)Oc1ccc(-c2cc3c4c(c2)[C@@H]2CNCC[C@@H]2N4CCCO3)c(C(F)(F)F)c1. The van der Waals surface area contributed by atoms with E-state index in [4.69, 9.17) is 9.47 Å². The van der Waals surface area contributed by atoms with Gasteiger partial charge in [0.25, 0.3) is 0 Å². The maximum absolute atomic E-state index is 14.0. The standard InChI is InChI=1S/C24H27F3N2O2/c1-14(2)31-16-4-5-17(20(12-16)24(25,26)27)15-10-18-19-13-28-7-6-21(19)29-8-3-9-30-22(11-15)23(18)29/h4-5,10-12,14,19,21,28H,3,6-9,13H2,1-2H3/t19-,21-/m0/s1. The van der Waals surface area contributed by atoms with Crippen molar-refractivity contribution in [2.75, 3.05) is 31.1 Å². The van der Waals surface area contributed by atoms with Gasteiger partial charge in [-0.1, -0.05) is 6.07 Å². The number of rotatable bonds is 3. The second-order valence-corrected chi connectivity index (χ2v) is 8.85. The third-order valence-corrected chi connectivity index (χ3v) is 6.42. The predicted octanol–water partition coefficient (Wildman–Crippen LogP) is 5.21. The Morgan fingerprint density at radius 1 is 1.19 bits per heavy atom. The lowest BCUT2D eigenvalue weighted by atomic mass is 9.88. The molecule has 0 spiro atoms. The molecule has 0 unspecified atom stereocenters. The molecule has 2 atom stereocenters. The van der Waals surface area contributed by atoms with E-state index in [-0.39, 0.29) is 23.3 Å². The number of fused-ring (bicyclic) bond motifs is 3. The Balaban J connectivity index is 1.65. The van der Waals surface area contributed by atoms with Gasteiger partial charge in [0.2, 0.25) is 0 Å². The first-order valence-electron chi connectivity index (χ1n) is 11.0. The first-order valence-corrected chi connectivity index (χ1v) is 11.0. The normalized spacial score (nSPS) is 22.6. The maximum atomic E-state index is 14.0. The number of halogens is 3. The quantitative estimate of drug-likeness (QED) is 0.722. The molecule has 1 fully saturated rings. The Kier molecular flexibility index (Phi) is 5.04. The van der Waals surface area contributed by atoms with Crippen LogP contribution in [0.25, 0.3) is 11.1 Å². The molecular formula is C24H27F3N2O2. The average molecular weight is 432 g/mol. The van der Waals surface area contributed by atoms with Crippen LogP contribution < -0.4 is 19.7 Å². The third-order valence-electron chi connectivity index (χ3n) is 6.42. The highest BCUT2D eigenvalue weighted by molar-refractivity contribution is 5.80. The number of anilines is 1. The third kappa shape index (κ3) is 3.63. The molecule has 2 aromatic carbocycles. The minimum absolute atomic E-state index is 0.161. The zero-order valence-electron chi connectivity index (χ0n) is 17.8. The highest BCUT2D eigenvalue weighted by Gasteiger charge is 2.43. The van der Waals surface area contributed by atoms with Gasteiger partial charge in [-0.05, 0) is 74.2 Å². The number of piperidine rings is 1. The smallest absolute Gasteiger partial charge is 0.417 e. The molecule has 1 saturated heterocycles. The minimum Gasteiger partial charge on any atom is -0.491 e. The number of hydrogen-bond acceptors (Lipinski definition) is 4. The van der Waals surface area contributed by atoms with Gasteiger partial charge in [0, 0.05) is 25.0 Å². The summed E-state index contributed by atoms with van der Waals surface area (Å²) in [5, 5.41) is 3.45. The molecule has 2 aromatic rings. The van der Waals surface area contributed by atoms with Crippen LogP contribution >= 0.6 is 0 Å². The van der Waals surface area contributed by atoms with Gasteiger partial charge >= 0.3 is 6.18 Å². The number of benzene rings is 2. The lowest BCUT2D eigenvalue weighted by Crippen LogP contribution is -2.44. The van der Waals surface area contributed by atoms with Crippen LogP contribution in [0.3, 0.4) is 0 Å². The van der Waals surface area contributed by atoms with E-state index >= 15 is 0 Å². The maximum Gasteiger partial charge on any atom is 0.417 e. The summed E-state index contributed by atoms with van der Waals surface area (Å²) in [5.74, 6) is 1.20. The predicted molar refractivity (Wildman–Crippen MR) is 114 cm³/mol. The molecule has 0 aromatic heterocycles. The van der Waals surface area contributed by atoms with E-state index in [2.05, 4.69) is 10.2 Å². The lowest BCUT2D eigenvalue weighted by molar-refractivity contribution is -0.137. The topological polar surface area (TPSA) is 33.7 Å². The van der Waals surface area contributed by atoms with Crippen molar-refractivity contribution in [3.8, 4) is 22.6 Å². The molecule has 0 amide bonds. The van der Waals surface area contributed by atoms with E-state index in [9.17, 15) is 13.2 Å². The van der Waals surface area contributed by atoms with E-state index in [1.807, 2.05) is 6.07 Å². The lowest BCUT2D eigenvalue weighted by Gasteiger charge is -2.33. The van der Waals surface area contributed by atoms with Crippen LogP contribution in [0, 0.1) is 0 Å². The Morgan fingerprint density at radius 2 is 2.03 bits per heavy atom.